The molecule has 0 N–H and O–H groups in total. The topological polar surface area (TPSA) is 27.0 Å². The number of nitrogens with zero attached hydrogens (tertiary/aromatic N) is 2. The number of hydrogen-bond acceptors (Lipinski definition) is 2. The van der Waals surface area contributed by atoms with Crippen LogP contribution in [0.25, 0.3) is 0 Å². The smallest absolute Gasteiger partial charge is 0.165 e. The SMILES string of the molecule is CC(C)(C)N1C[C@H](c2c(F)ccc(F)c2F)[C@@H](C#N)C1. The zero-order valence-corrected chi connectivity index (χ0v) is 11.8. The van der Waals surface area contributed by atoms with Crippen LogP contribution >= 0.6 is 0 Å². The average Bonchev–Trinajstić information content (AvgIpc) is 2.78. The number of benzene rings is 1. The molecule has 0 amide bonds. The quantitative estimate of drug-likeness (QED) is 0.738. The lowest BCUT2D eigenvalue weighted by Crippen LogP contribution is -2.39. The van der Waals surface area contributed by atoms with Crippen LogP contribution in [0.1, 0.15) is 32.3 Å². The monoisotopic (exact) mass is 282 g/mol. The minimum atomic E-state index is -1.17. The number of rotatable bonds is 1. The molecule has 1 aromatic rings. The summed E-state index contributed by atoms with van der Waals surface area (Å²) in [4.78, 5) is 2.00. The molecule has 0 bridgehead atoms. The molecule has 0 saturated carbocycles. The van der Waals surface area contributed by atoms with Crippen LogP contribution in [0.2, 0.25) is 0 Å². The normalized spacial score (nSPS) is 23.9. The number of hydrogen-bond donors (Lipinski definition) is 0. The van der Waals surface area contributed by atoms with Crippen molar-refractivity contribution in [1.82, 2.24) is 4.90 Å². The van der Waals surface area contributed by atoms with Gasteiger partial charge in [-0.1, -0.05) is 0 Å². The Morgan fingerprint density at radius 3 is 2.30 bits per heavy atom. The average molecular weight is 282 g/mol. The molecule has 1 aromatic carbocycles. The van der Waals surface area contributed by atoms with E-state index in [1.807, 2.05) is 25.7 Å². The first-order valence-corrected chi connectivity index (χ1v) is 6.53. The Morgan fingerprint density at radius 1 is 1.15 bits per heavy atom. The highest BCUT2D eigenvalue weighted by molar-refractivity contribution is 5.29. The van der Waals surface area contributed by atoms with Gasteiger partial charge in [-0.05, 0) is 32.9 Å². The minimum absolute atomic E-state index is 0.204. The highest BCUT2D eigenvalue weighted by atomic mass is 19.2. The minimum Gasteiger partial charge on any atom is -0.297 e. The summed E-state index contributed by atoms with van der Waals surface area (Å²) in [7, 11) is 0. The lowest BCUT2D eigenvalue weighted by atomic mass is 9.89. The second-order valence-electron chi connectivity index (χ2n) is 6.17. The van der Waals surface area contributed by atoms with Gasteiger partial charge in [-0.15, -0.1) is 0 Å². The highest BCUT2D eigenvalue weighted by Gasteiger charge is 2.41. The van der Waals surface area contributed by atoms with E-state index in [9.17, 15) is 18.4 Å². The molecule has 2 nitrogen and oxygen atoms in total. The predicted octanol–water partition coefficient (Wildman–Crippen LogP) is 3.44. The van der Waals surface area contributed by atoms with Crippen molar-refractivity contribution in [3.05, 3.63) is 35.1 Å². The molecule has 1 saturated heterocycles. The summed E-state index contributed by atoms with van der Waals surface area (Å²) in [6.45, 7) is 6.70. The third-order valence-corrected chi connectivity index (χ3v) is 3.88. The van der Waals surface area contributed by atoms with Crippen LogP contribution < -0.4 is 0 Å². The van der Waals surface area contributed by atoms with Crippen LogP contribution in [0.4, 0.5) is 13.2 Å². The highest BCUT2D eigenvalue weighted by Crippen LogP contribution is 2.38. The number of likely N-dealkylation sites (tertiary alicyclic amines) is 1. The van der Waals surface area contributed by atoms with Crippen molar-refractivity contribution in [3.8, 4) is 6.07 Å². The molecular formula is C15H17F3N2. The van der Waals surface area contributed by atoms with E-state index in [0.717, 1.165) is 12.1 Å². The molecule has 1 aliphatic rings. The third kappa shape index (κ3) is 2.53. The van der Waals surface area contributed by atoms with Crippen LogP contribution in [-0.4, -0.2) is 23.5 Å². The molecule has 0 unspecified atom stereocenters. The number of nitriles is 1. The van der Waals surface area contributed by atoms with Gasteiger partial charge in [-0.2, -0.15) is 5.26 Å². The van der Waals surface area contributed by atoms with Gasteiger partial charge in [0, 0.05) is 30.1 Å². The van der Waals surface area contributed by atoms with Gasteiger partial charge in [0.15, 0.2) is 11.6 Å². The van der Waals surface area contributed by atoms with E-state index in [2.05, 4.69) is 6.07 Å². The third-order valence-electron chi connectivity index (χ3n) is 3.88. The predicted molar refractivity (Wildman–Crippen MR) is 69.5 cm³/mol. The van der Waals surface area contributed by atoms with E-state index < -0.39 is 29.3 Å². The maximum atomic E-state index is 13.9. The largest absolute Gasteiger partial charge is 0.297 e. The van der Waals surface area contributed by atoms with Crippen LogP contribution in [0, 0.1) is 34.7 Å². The first kappa shape index (κ1) is 14.9. The van der Waals surface area contributed by atoms with Crippen LogP contribution in [0.15, 0.2) is 12.1 Å². The van der Waals surface area contributed by atoms with Crippen molar-refractivity contribution in [2.45, 2.75) is 32.2 Å². The van der Waals surface area contributed by atoms with Crippen molar-refractivity contribution in [2.75, 3.05) is 13.1 Å². The van der Waals surface area contributed by atoms with Gasteiger partial charge >= 0.3 is 0 Å². The van der Waals surface area contributed by atoms with Crippen LogP contribution in [0.3, 0.4) is 0 Å². The second kappa shape index (κ2) is 5.10. The zero-order valence-electron chi connectivity index (χ0n) is 11.8. The maximum Gasteiger partial charge on any atom is 0.165 e. The summed E-state index contributed by atoms with van der Waals surface area (Å²) in [6, 6.07) is 3.78. The van der Waals surface area contributed by atoms with Crippen molar-refractivity contribution in [2.24, 2.45) is 5.92 Å². The first-order chi connectivity index (χ1) is 9.25. The van der Waals surface area contributed by atoms with E-state index in [0.29, 0.717) is 13.1 Å². The van der Waals surface area contributed by atoms with Gasteiger partial charge in [-0.25, -0.2) is 13.2 Å². The Balaban J connectivity index is 2.43. The fraction of sp³-hybridized carbons (Fsp3) is 0.533. The van der Waals surface area contributed by atoms with Gasteiger partial charge in [0.1, 0.15) is 5.82 Å². The molecule has 2 rings (SSSR count). The summed E-state index contributed by atoms with van der Waals surface area (Å²) >= 11 is 0. The van der Waals surface area contributed by atoms with Crippen LogP contribution in [0.5, 0.6) is 0 Å². The van der Waals surface area contributed by atoms with Crippen molar-refractivity contribution in [1.29, 1.82) is 5.26 Å². The summed E-state index contributed by atoms with van der Waals surface area (Å²) in [5.74, 6) is -4.22. The molecule has 1 aliphatic heterocycles. The molecule has 0 aromatic heterocycles. The van der Waals surface area contributed by atoms with Crippen molar-refractivity contribution in [3.63, 3.8) is 0 Å². The van der Waals surface area contributed by atoms with Gasteiger partial charge < -0.3 is 0 Å². The Bertz CT molecular complexity index is 557. The van der Waals surface area contributed by atoms with Gasteiger partial charge in [-0.3, -0.25) is 4.90 Å². The standard InChI is InChI=1S/C15H17F3N2/c1-15(2,3)20-7-9(6-19)10(8-20)13-11(16)4-5-12(17)14(13)18/h4-5,9-10H,7-8H2,1-3H3/t9-,10-/m0/s1. The Kier molecular flexibility index (Phi) is 3.79. The summed E-state index contributed by atoms with van der Waals surface area (Å²) in [5, 5.41) is 9.22. The molecule has 2 atom stereocenters. The molecular weight excluding hydrogens is 265 g/mol. The van der Waals surface area contributed by atoms with E-state index >= 15 is 0 Å². The molecule has 5 heteroatoms. The Hall–Kier alpha value is -1.54. The van der Waals surface area contributed by atoms with Gasteiger partial charge in [0.25, 0.3) is 0 Å². The zero-order chi connectivity index (χ0) is 15.1. The fourth-order valence-electron chi connectivity index (χ4n) is 2.66. The van der Waals surface area contributed by atoms with Crippen LogP contribution in [-0.2, 0) is 0 Å². The van der Waals surface area contributed by atoms with Gasteiger partial charge in [0.05, 0.1) is 12.0 Å². The fourth-order valence-corrected chi connectivity index (χ4v) is 2.66. The molecule has 1 heterocycles. The molecule has 1 fully saturated rings. The van der Waals surface area contributed by atoms with E-state index in [1.165, 1.54) is 0 Å². The lowest BCUT2D eigenvalue weighted by molar-refractivity contribution is 0.169. The van der Waals surface area contributed by atoms with Crippen molar-refractivity contribution >= 4 is 0 Å². The first-order valence-electron chi connectivity index (χ1n) is 6.53. The summed E-state index contributed by atoms with van der Waals surface area (Å²) in [6.07, 6.45) is 0. The molecule has 20 heavy (non-hydrogen) atoms. The molecule has 0 aliphatic carbocycles. The van der Waals surface area contributed by atoms with E-state index in [-0.39, 0.29) is 11.1 Å². The van der Waals surface area contributed by atoms with Crippen molar-refractivity contribution < 1.29 is 13.2 Å². The second-order valence-corrected chi connectivity index (χ2v) is 6.17. The summed E-state index contributed by atoms with van der Waals surface area (Å²) < 4.78 is 41.1. The molecule has 108 valence electrons. The molecule has 0 radical (unpaired) electrons. The lowest BCUT2D eigenvalue weighted by Gasteiger charge is -2.31. The Morgan fingerprint density at radius 2 is 1.75 bits per heavy atom. The number of halogens is 3. The maximum absolute atomic E-state index is 13.9. The van der Waals surface area contributed by atoms with E-state index in [4.69, 9.17) is 0 Å². The van der Waals surface area contributed by atoms with E-state index in [1.54, 1.807) is 0 Å². The summed E-state index contributed by atoms with van der Waals surface area (Å²) in [5.41, 5.74) is -0.507. The van der Waals surface area contributed by atoms with Gasteiger partial charge in [0.2, 0.25) is 0 Å². The molecule has 0 spiro atoms. The Labute approximate surface area is 116 Å².